The molecule has 4 rings (SSSR count). The molecule has 0 saturated carbocycles. The molecule has 0 unspecified atom stereocenters. The normalized spacial score (nSPS) is 21.2. The number of rotatable bonds is 2. The Bertz CT molecular complexity index is 732. The lowest BCUT2D eigenvalue weighted by Gasteiger charge is -2.35. The Morgan fingerprint density at radius 2 is 2.04 bits per heavy atom. The van der Waals surface area contributed by atoms with Crippen LogP contribution in [0.25, 0.3) is 0 Å². The molecule has 2 aliphatic heterocycles. The van der Waals surface area contributed by atoms with E-state index in [2.05, 4.69) is 15.6 Å². The van der Waals surface area contributed by atoms with E-state index in [4.69, 9.17) is 4.74 Å². The summed E-state index contributed by atoms with van der Waals surface area (Å²) in [6.45, 7) is 2.12. The molecule has 126 valence electrons. The summed E-state index contributed by atoms with van der Waals surface area (Å²) < 4.78 is 7.87. The maximum Gasteiger partial charge on any atom is 0.229 e. The number of nitrogens with zero attached hydrogens (tertiary/aromatic N) is 3. The SMILES string of the molecule is Cn1ccnc1C1CCN(C(=O)[C@H]2COc3ccccc3C2)CC1. The molecule has 5 heteroatoms. The lowest BCUT2D eigenvalue weighted by atomic mass is 9.92. The molecule has 1 aromatic heterocycles. The molecule has 1 saturated heterocycles. The highest BCUT2D eigenvalue weighted by Crippen LogP contribution is 2.30. The predicted octanol–water partition coefficient (Wildman–Crippen LogP) is 2.38. The molecule has 0 aliphatic carbocycles. The summed E-state index contributed by atoms with van der Waals surface area (Å²) in [6.07, 6.45) is 6.60. The van der Waals surface area contributed by atoms with Gasteiger partial charge in [0.1, 0.15) is 18.2 Å². The molecule has 1 amide bonds. The predicted molar refractivity (Wildman–Crippen MR) is 90.9 cm³/mol. The third-order valence-corrected chi connectivity index (χ3v) is 5.26. The molecular weight excluding hydrogens is 302 g/mol. The van der Waals surface area contributed by atoms with Gasteiger partial charge in [-0.05, 0) is 30.9 Å². The molecule has 1 fully saturated rings. The van der Waals surface area contributed by atoms with Crippen LogP contribution in [0.3, 0.4) is 0 Å². The summed E-state index contributed by atoms with van der Waals surface area (Å²) in [7, 11) is 2.04. The van der Waals surface area contributed by atoms with Crippen LogP contribution in [0, 0.1) is 5.92 Å². The lowest BCUT2D eigenvalue weighted by Crippen LogP contribution is -2.44. The number of amides is 1. The molecule has 2 aromatic rings. The van der Waals surface area contributed by atoms with E-state index in [1.165, 1.54) is 0 Å². The first-order valence-electron chi connectivity index (χ1n) is 8.69. The maximum absolute atomic E-state index is 12.8. The average Bonchev–Trinajstić information content (AvgIpc) is 3.07. The molecule has 0 radical (unpaired) electrons. The zero-order chi connectivity index (χ0) is 16.5. The fourth-order valence-electron chi connectivity index (χ4n) is 3.87. The number of carbonyl (C=O) groups is 1. The fourth-order valence-corrected chi connectivity index (χ4v) is 3.87. The van der Waals surface area contributed by atoms with Gasteiger partial charge in [-0.25, -0.2) is 4.98 Å². The summed E-state index contributed by atoms with van der Waals surface area (Å²) in [4.78, 5) is 19.3. The van der Waals surface area contributed by atoms with E-state index in [1.54, 1.807) is 0 Å². The Balaban J connectivity index is 1.38. The Kier molecular flexibility index (Phi) is 4.00. The highest BCUT2D eigenvalue weighted by molar-refractivity contribution is 5.80. The van der Waals surface area contributed by atoms with Gasteiger partial charge in [-0.1, -0.05) is 18.2 Å². The first-order valence-corrected chi connectivity index (χ1v) is 8.69. The number of hydrogen-bond donors (Lipinski definition) is 0. The van der Waals surface area contributed by atoms with Gasteiger partial charge in [0.25, 0.3) is 0 Å². The van der Waals surface area contributed by atoms with Crippen LogP contribution in [-0.2, 0) is 18.3 Å². The molecule has 0 bridgehead atoms. The Morgan fingerprint density at radius 1 is 1.25 bits per heavy atom. The number of carbonyl (C=O) groups excluding carboxylic acids is 1. The number of para-hydroxylation sites is 1. The van der Waals surface area contributed by atoms with Gasteiger partial charge in [0.15, 0.2) is 0 Å². The van der Waals surface area contributed by atoms with Gasteiger partial charge in [-0.2, -0.15) is 0 Å². The van der Waals surface area contributed by atoms with Crippen molar-refractivity contribution >= 4 is 5.91 Å². The maximum atomic E-state index is 12.8. The number of likely N-dealkylation sites (tertiary alicyclic amines) is 1. The summed E-state index contributed by atoms with van der Waals surface area (Å²) in [5.41, 5.74) is 1.14. The largest absolute Gasteiger partial charge is 0.492 e. The van der Waals surface area contributed by atoms with E-state index in [9.17, 15) is 4.79 Å². The molecule has 24 heavy (non-hydrogen) atoms. The number of benzene rings is 1. The highest BCUT2D eigenvalue weighted by atomic mass is 16.5. The molecule has 1 aromatic carbocycles. The van der Waals surface area contributed by atoms with Gasteiger partial charge in [-0.15, -0.1) is 0 Å². The van der Waals surface area contributed by atoms with Crippen LogP contribution in [0.2, 0.25) is 0 Å². The van der Waals surface area contributed by atoms with Crippen molar-refractivity contribution in [1.29, 1.82) is 0 Å². The number of ether oxygens (including phenoxy) is 1. The quantitative estimate of drug-likeness (QED) is 0.852. The van der Waals surface area contributed by atoms with Crippen molar-refractivity contribution in [1.82, 2.24) is 14.5 Å². The van der Waals surface area contributed by atoms with Crippen molar-refractivity contribution in [2.45, 2.75) is 25.2 Å². The zero-order valence-corrected chi connectivity index (χ0v) is 14.0. The number of imidazole rings is 1. The van der Waals surface area contributed by atoms with Crippen LogP contribution < -0.4 is 4.74 Å². The first kappa shape index (κ1) is 15.2. The summed E-state index contributed by atoms with van der Waals surface area (Å²) >= 11 is 0. The minimum Gasteiger partial charge on any atom is -0.492 e. The van der Waals surface area contributed by atoms with Crippen molar-refractivity contribution < 1.29 is 9.53 Å². The third kappa shape index (κ3) is 2.79. The Hall–Kier alpha value is -2.30. The van der Waals surface area contributed by atoms with Crippen molar-refractivity contribution in [2.24, 2.45) is 13.0 Å². The van der Waals surface area contributed by atoms with Crippen LogP contribution in [0.5, 0.6) is 5.75 Å². The van der Waals surface area contributed by atoms with E-state index in [1.807, 2.05) is 42.5 Å². The second-order valence-electron chi connectivity index (χ2n) is 6.82. The van der Waals surface area contributed by atoms with E-state index >= 15 is 0 Å². The van der Waals surface area contributed by atoms with Gasteiger partial charge < -0.3 is 14.2 Å². The smallest absolute Gasteiger partial charge is 0.229 e. The van der Waals surface area contributed by atoms with E-state index in [-0.39, 0.29) is 11.8 Å². The first-order chi connectivity index (χ1) is 11.7. The van der Waals surface area contributed by atoms with Gasteiger partial charge in [-0.3, -0.25) is 4.79 Å². The second-order valence-corrected chi connectivity index (χ2v) is 6.82. The van der Waals surface area contributed by atoms with E-state index in [0.29, 0.717) is 12.5 Å². The van der Waals surface area contributed by atoms with Gasteiger partial charge in [0, 0.05) is 38.4 Å². The van der Waals surface area contributed by atoms with Crippen molar-refractivity contribution in [2.75, 3.05) is 19.7 Å². The lowest BCUT2D eigenvalue weighted by molar-refractivity contribution is -0.138. The third-order valence-electron chi connectivity index (χ3n) is 5.26. The number of aryl methyl sites for hydroxylation is 1. The standard InChI is InChI=1S/C19H23N3O2/c1-21-11-8-20-18(21)14-6-9-22(10-7-14)19(23)16-12-15-4-2-3-5-17(15)24-13-16/h2-5,8,11,14,16H,6-7,9-10,12-13H2,1H3/t16-/m1/s1. The van der Waals surface area contributed by atoms with Gasteiger partial charge >= 0.3 is 0 Å². The molecule has 1 atom stereocenters. The van der Waals surface area contributed by atoms with Crippen molar-refractivity contribution in [3.8, 4) is 5.75 Å². The van der Waals surface area contributed by atoms with Gasteiger partial charge in [0.2, 0.25) is 5.91 Å². The average molecular weight is 325 g/mol. The molecule has 5 nitrogen and oxygen atoms in total. The number of aromatic nitrogens is 2. The second kappa shape index (κ2) is 6.30. The number of hydrogen-bond acceptors (Lipinski definition) is 3. The number of fused-ring (bicyclic) bond motifs is 1. The molecule has 2 aliphatic rings. The highest BCUT2D eigenvalue weighted by Gasteiger charge is 2.32. The number of piperidine rings is 1. The zero-order valence-electron chi connectivity index (χ0n) is 14.0. The minimum atomic E-state index is -0.0513. The summed E-state index contributed by atoms with van der Waals surface area (Å²) in [6, 6.07) is 8.02. The fraction of sp³-hybridized carbons (Fsp3) is 0.474. The van der Waals surface area contributed by atoms with Crippen LogP contribution in [0.4, 0.5) is 0 Å². The Labute approximate surface area is 142 Å². The van der Waals surface area contributed by atoms with Crippen molar-refractivity contribution in [3.05, 3.63) is 48.0 Å². The van der Waals surface area contributed by atoms with Crippen LogP contribution in [0.1, 0.15) is 30.1 Å². The molecule has 0 N–H and O–H groups in total. The minimum absolute atomic E-state index is 0.0513. The summed E-state index contributed by atoms with van der Waals surface area (Å²) in [5, 5.41) is 0. The summed E-state index contributed by atoms with van der Waals surface area (Å²) in [5.74, 6) is 2.71. The van der Waals surface area contributed by atoms with Crippen molar-refractivity contribution in [3.63, 3.8) is 0 Å². The Morgan fingerprint density at radius 3 is 2.79 bits per heavy atom. The molecular formula is C19H23N3O2. The molecule has 0 spiro atoms. The van der Waals surface area contributed by atoms with E-state index in [0.717, 1.165) is 49.5 Å². The van der Waals surface area contributed by atoms with Gasteiger partial charge in [0.05, 0.1) is 5.92 Å². The topological polar surface area (TPSA) is 47.4 Å². The van der Waals surface area contributed by atoms with E-state index < -0.39 is 0 Å². The molecule has 3 heterocycles. The monoisotopic (exact) mass is 325 g/mol. The van der Waals surface area contributed by atoms with Crippen LogP contribution in [-0.4, -0.2) is 40.1 Å². The van der Waals surface area contributed by atoms with Crippen LogP contribution >= 0.6 is 0 Å². The van der Waals surface area contributed by atoms with Crippen LogP contribution in [0.15, 0.2) is 36.7 Å².